The summed E-state index contributed by atoms with van der Waals surface area (Å²) in [6.45, 7) is 6.20. The molecule has 2 rings (SSSR count). The first-order valence-electron chi connectivity index (χ1n) is 7.57. The number of ether oxygens (including phenoxy) is 2. The normalized spacial score (nSPS) is 21.0. The number of hydrogen-bond donors (Lipinski definition) is 0. The van der Waals surface area contributed by atoms with Gasteiger partial charge in [0.25, 0.3) is 0 Å². The molecular formula is C17H28N2O2. The van der Waals surface area contributed by atoms with Crippen LogP contribution in [-0.2, 0) is 10.2 Å². The van der Waals surface area contributed by atoms with Gasteiger partial charge in [-0.2, -0.15) is 0 Å². The highest BCUT2D eigenvalue weighted by Gasteiger charge is 2.38. The van der Waals surface area contributed by atoms with Crippen molar-refractivity contribution in [3.8, 4) is 5.75 Å². The average Bonchev–Trinajstić information content (AvgIpc) is 2.76. The van der Waals surface area contributed by atoms with E-state index in [4.69, 9.17) is 9.47 Å². The molecule has 0 radical (unpaired) electrons. The maximum Gasteiger partial charge on any atom is 0.119 e. The standard InChI is InChI=1S/C17H28N2O2/c1-17(8-9-18(2)3)13-19(10-11-20-4)16-7-6-14(21-5)12-15(16)17/h6-7,12H,8-11,13H2,1-5H3. The van der Waals surface area contributed by atoms with Crippen LogP contribution in [0, 0.1) is 0 Å². The Balaban J connectivity index is 2.28. The molecule has 4 nitrogen and oxygen atoms in total. The quantitative estimate of drug-likeness (QED) is 0.770. The summed E-state index contributed by atoms with van der Waals surface area (Å²) in [4.78, 5) is 4.69. The van der Waals surface area contributed by atoms with E-state index in [1.807, 2.05) is 0 Å². The van der Waals surface area contributed by atoms with Crippen LogP contribution in [0.3, 0.4) is 0 Å². The zero-order valence-corrected chi connectivity index (χ0v) is 14.0. The number of hydrogen-bond acceptors (Lipinski definition) is 4. The number of rotatable bonds is 7. The van der Waals surface area contributed by atoms with Crippen molar-refractivity contribution in [2.24, 2.45) is 0 Å². The number of nitrogens with zero attached hydrogens (tertiary/aromatic N) is 2. The van der Waals surface area contributed by atoms with E-state index in [2.05, 4.69) is 49.0 Å². The molecule has 1 aromatic carbocycles. The topological polar surface area (TPSA) is 24.9 Å². The van der Waals surface area contributed by atoms with E-state index in [0.717, 1.165) is 38.4 Å². The van der Waals surface area contributed by atoms with Gasteiger partial charge in [-0.15, -0.1) is 0 Å². The first-order valence-corrected chi connectivity index (χ1v) is 7.57. The molecule has 1 unspecified atom stereocenters. The van der Waals surface area contributed by atoms with E-state index in [1.54, 1.807) is 14.2 Å². The van der Waals surface area contributed by atoms with Crippen LogP contribution in [-0.4, -0.2) is 59.5 Å². The lowest BCUT2D eigenvalue weighted by atomic mass is 9.81. The minimum absolute atomic E-state index is 0.169. The zero-order chi connectivity index (χ0) is 15.5. The van der Waals surface area contributed by atoms with Crippen LogP contribution in [0.15, 0.2) is 18.2 Å². The van der Waals surface area contributed by atoms with Crippen molar-refractivity contribution in [1.29, 1.82) is 0 Å². The molecule has 0 bridgehead atoms. The summed E-state index contributed by atoms with van der Waals surface area (Å²) in [5.74, 6) is 0.943. The van der Waals surface area contributed by atoms with Crippen molar-refractivity contribution in [1.82, 2.24) is 4.90 Å². The highest BCUT2D eigenvalue weighted by atomic mass is 16.5. The molecule has 1 aliphatic rings. The average molecular weight is 292 g/mol. The van der Waals surface area contributed by atoms with Crippen molar-refractivity contribution in [3.05, 3.63) is 23.8 Å². The lowest BCUT2D eigenvalue weighted by Crippen LogP contribution is -2.35. The van der Waals surface area contributed by atoms with Crippen LogP contribution in [0.2, 0.25) is 0 Å². The van der Waals surface area contributed by atoms with Crippen LogP contribution in [0.25, 0.3) is 0 Å². The molecule has 0 aromatic heterocycles. The highest BCUT2D eigenvalue weighted by molar-refractivity contribution is 5.64. The second-order valence-corrected chi connectivity index (χ2v) is 6.41. The van der Waals surface area contributed by atoms with Crippen LogP contribution in [0.4, 0.5) is 5.69 Å². The van der Waals surface area contributed by atoms with Gasteiger partial charge in [0.05, 0.1) is 13.7 Å². The molecule has 0 amide bonds. The molecular weight excluding hydrogens is 264 g/mol. The van der Waals surface area contributed by atoms with Crippen molar-refractivity contribution in [3.63, 3.8) is 0 Å². The minimum Gasteiger partial charge on any atom is -0.497 e. The summed E-state index contributed by atoms with van der Waals surface area (Å²) >= 11 is 0. The van der Waals surface area contributed by atoms with E-state index in [0.29, 0.717) is 0 Å². The lowest BCUT2D eigenvalue weighted by molar-refractivity contribution is 0.204. The number of anilines is 1. The van der Waals surface area contributed by atoms with Gasteiger partial charge in [0.1, 0.15) is 5.75 Å². The van der Waals surface area contributed by atoms with E-state index in [1.165, 1.54) is 11.3 Å². The van der Waals surface area contributed by atoms with Crippen LogP contribution >= 0.6 is 0 Å². The van der Waals surface area contributed by atoms with Gasteiger partial charge in [-0.25, -0.2) is 0 Å². The van der Waals surface area contributed by atoms with Crippen LogP contribution in [0.1, 0.15) is 18.9 Å². The molecule has 1 aliphatic heterocycles. The van der Waals surface area contributed by atoms with Crippen LogP contribution < -0.4 is 9.64 Å². The van der Waals surface area contributed by atoms with Crippen LogP contribution in [0.5, 0.6) is 5.75 Å². The van der Waals surface area contributed by atoms with Crippen molar-refractivity contribution < 1.29 is 9.47 Å². The van der Waals surface area contributed by atoms with Gasteiger partial charge in [0, 0.05) is 31.3 Å². The summed E-state index contributed by atoms with van der Waals surface area (Å²) in [6.07, 6.45) is 1.14. The predicted molar refractivity (Wildman–Crippen MR) is 87.6 cm³/mol. The maximum atomic E-state index is 5.42. The summed E-state index contributed by atoms with van der Waals surface area (Å²) < 4.78 is 10.7. The molecule has 0 fully saturated rings. The molecule has 1 aromatic rings. The Hall–Kier alpha value is -1.26. The second-order valence-electron chi connectivity index (χ2n) is 6.41. The zero-order valence-electron chi connectivity index (χ0n) is 14.0. The Kier molecular flexibility index (Phi) is 5.12. The summed E-state index contributed by atoms with van der Waals surface area (Å²) in [6, 6.07) is 6.44. The molecule has 1 heterocycles. The molecule has 4 heteroatoms. The second kappa shape index (κ2) is 6.67. The third-order valence-corrected chi connectivity index (χ3v) is 4.41. The monoisotopic (exact) mass is 292 g/mol. The Bertz CT molecular complexity index is 476. The van der Waals surface area contributed by atoms with Gasteiger partial charge in [-0.1, -0.05) is 6.92 Å². The summed E-state index contributed by atoms with van der Waals surface area (Å²) in [7, 11) is 7.76. The molecule has 0 saturated heterocycles. The van der Waals surface area contributed by atoms with E-state index in [-0.39, 0.29) is 5.41 Å². The largest absolute Gasteiger partial charge is 0.497 e. The van der Waals surface area contributed by atoms with Crippen molar-refractivity contribution >= 4 is 5.69 Å². The molecule has 118 valence electrons. The molecule has 0 N–H and O–H groups in total. The molecule has 0 saturated carbocycles. The number of fused-ring (bicyclic) bond motifs is 1. The third kappa shape index (κ3) is 3.50. The minimum atomic E-state index is 0.169. The van der Waals surface area contributed by atoms with Crippen molar-refractivity contribution in [2.45, 2.75) is 18.8 Å². The Morgan fingerprint density at radius 3 is 2.67 bits per heavy atom. The number of benzene rings is 1. The van der Waals surface area contributed by atoms with Gasteiger partial charge in [0.15, 0.2) is 0 Å². The van der Waals surface area contributed by atoms with Gasteiger partial charge in [0.2, 0.25) is 0 Å². The van der Waals surface area contributed by atoms with Crippen molar-refractivity contribution in [2.75, 3.05) is 59.5 Å². The molecule has 0 aliphatic carbocycles. The van der Waals surface area contributed by atoms with Gasteiger partial charge in [-0.05, 0) is 50.8 Å². The van der Waals surface area contributed by atoms with Gasteiger partial charge < -0.3 is 19.3 Å². The van der Waals surface area contributed by atoms with E-state index in [9.17, 15) is 0 Å². The summed E-state index contributed by atoms with van der Waals surface area (Å²) in [5, 5.41) is 0. The maximum absolute atomic E-state index is 5.42. The summed E-state index contributed by atoms with van der Waals surface area (Å²) in [5.41, 5.74) is 2.90. The Labute approximate surface area is 128 Å². The Morgan fingerprint density at radius 1 is 1.29 bits per heavy atom. The highest BCUT2D eigenvalue weighted by Crippen LogP contribution is 2.44. The molecule has 21 heavy (non-hydrogen) atoms. The fourth-order valence-corrected chi connectivity index (χ4v) is 3.08. The molecule has 0 spiro atoms. The van der Waals surface area contributed by atoms with E-state index < -0.39 is 0 Å². The third-order valence-electron chi connectivity index (χ3n) is 4.41. The van der Waals surface area contributed by atoms with Gasteiger partial charge in [-0.3, -0.25) is 0 Å². The fourth-order valence-electron chi connectivity index (χ4n) is 3.08. The predicted octanol–water partition coefficient (Wildman–Crippen LogP) is 2.37. The fraction of sp³-hybridized carbons (Fsp3) is 0.647. The lowest BCUT2D eigenvalue weighted by Gasteiger charge is -2.28. The molecule has 1 atom stereocenters. The SMILES string of the molecule is COCCN1CC(C)(CCN(C)C)c2cc(OC)ccc21. The Morgan fingerprint density at radius 2 is 2.05 bits per heavy atom. The van der Waals surface area contributed by atoms with Gasteiger partial charge >= 0.3 is 0 Å². The smallest absolute Gasteiger partial charge is 0.119 e. The first kappa shape index (κ1) is 16.1. The first-order chi connectivity index (χ1) is 10.00. The van der Waals surface area contributed by atoms with E-state index >= 15 is 0 Å². The number of methoxy groups -OCH3 is 2.